The van der Waals surface area contributed by atoms with Gasteiger partial charge in [0.2, 0.25) is 5.91 Å². The Kier molecular flexibility index (Phi) is 4.42. The van der Waals surface area contributed by atoms with Gasteiger partial charge in [0.05, 0.1) is 19.6 Å². The van der Waals surface area contributed by atoms with Crippen LogP contribution in [-0.4, -0.2) is 52.8 Å². The van der Waals surface area contributed by atoms with Crippen molar-refractivity contribution in [2.45, 2.75) is 25.0 Å². The number of ether oxygens (including phenoxy) is 1. The molecule has 0 aromatic heterocycles. The third-order valence-electron chi connectivity index (χ3n) is 3.46. The highest BCUT2D eigenvalue weighted by Gasteiger charge is 2.38. The molecule has 1 amide bonds. The maximum absolute atomic E-state index is 13.6. The summed E-state index contributed by atoms with van der Waals surface area (Å²) in [6.07, 6.45) is -0.960. The fourth-order valence-corrected chi connectivity index (χ4v) is 2.42. The van der Waals surface area contributed by atoms with Crippen molar-refractivity contribution in [3.8, 4) is 5.75 Å². The normalized spacial score (nSPS) is 21.4. The van der Waals surface area contributed by atoms with Crippen LogP contribution in [-0.2, 0) is 16.0 Å². The molecule has 21 heavy (non-hydrogen) atoms. The van der Waals surface area contributed by atoms with Crippen molar-refractivity contribution in [2.75, 3.05) is 13.7 Å². The molecule has 0 saturated carbocycles. The van der Waals surface area contributed by atoms with Crippen LogP contribution >= 0.6 is 0 Å². The summed E-state index contributed by atoms with van der Waals surface area (Å²) in [5, 5.41) is 18.6. The topological polar surface area (TPSA) is 87.1 Å². The summed E-state index contributed by atoms with van der Waals surface area (Å²) in [4.78, 5) is 24.3. The van der Waals surface area contributed by atoms with E-state index in [-0.39, 0.29) is 25.1 Å². The molecule has 1 saturated heterocycles. The van der Waals surface area contributed by atoms with Crippen molar-refractivity contribution in [1.29, 1.82) is 0 Å². The van der Waals surface area contributed by atoms with E-state index >= 15 is 0 Å². The number of aliphatic carboxylic acids is 1. The quantitative estimate of drug-likeness (QED) is 0.841. The SMILES string of the molecule is COc1ccc(CC(=O)N2C[C@H](O)C[C@H]2C(=O)O)cc1F. The number of carboxylic acid groups (broad SMARTS) is 1. The number of β-amino-alcohol motifs (C(OH)–C–C–N with tert-alkyl or cyclic N) is 1. The van der Waals surface area contributed by atoms with E-state index in [9.17, 15) is 19.1 Å². The highest BCUT2D eigenvalue weighted by atomic mass is 19.1. The summed E-state index contributed by atoms with van der Waals surface area (Å²) in [5.74, 6) is -2.12. The number of likely N-dealkylation sites (tertiary alicyclic amines) is 1. The van der Waals surface area contributed by atoms with Crippen molar-refractivity contribution in [3.05, 3.63) is 29.6 Å². The number of carboxylic acids is 1. The van der Waals surface area contributed by atoms with E-state index in [1.165, 1.54) is 19.2 Å². The summed E-state index contributed by atoms with van der Waals surface area (Å²) >= 11 is 0. The van der Waals surface area contributed by atoms with Gasteiger partial charge < -0.3 is 19.8 Å². The molecule has 0 unspecified atom stereocenters. The van der Waals surface area contributed by atoms with E-state index in [1.807, 2.05) is 0 Å². The third-order valence-corrected chi connectivity index (χ3v) is 3.46. The number of aliphatic hydroxyl groups excluding tert-OH is 1. The molecule has 6 nitrogen and oxygen atoms in total. The van der Waals surface area contributed by atoms with Gasteiger partial charge in [0, 0.05) is 13.0 Å². The van der Waals surface area contributed by atoms with Crippen LogP contribution in [0.25, 0.3) is 0 Å². The first-order chi connectivity index (χ1) is 9.92. The molecule has 0 aliphatic carbocycles. The Hall–Kier alpha value is -2.15. The number of nitrogens with zero attached hydrogens (tertiary/aromatic N) is 1. The Morgan fingerprint density at radius 3 is 2.76 bits per heavy atom. The number of halogens is 1. The van der Waals surface area contributed by atoms with Crippen LogP contribution < -0.4 is 4.74 Å². The molecule has 1 aromatic rings. The molecule has 7 heteroatoms. The van der Waals surface area contributed by atoms with Crippen molar-refractivity contribution >= 4 is 11.9 Å². The molecule has 1 heterocycles. The lowest BCUT2D eigenvalue weighted by atomic mass is 10.1. The van der Waals surface area contributed by atoms with Gasteiger partial charge in [0.25, 0.3) is 0 Å². The van der Waals surface area contributed by atoms with Crippen molar-refractivity contribution < 1.29 is 28.9 Å². The molecule has 1 fully saturated rings. The molecular formula is C14H16FNO5. The Balaban J connectivity index is 2.10. The number of hydrogen-bond acceptors (Lipinski definition) is 4. The second-order valence-electron chi connectivity index (χ2n) is 4.94. The Morgan fingerprint density at radius 1 is 1.48 bits per heavy atom. The van der Waals surface area contributed by atoms with Crippen molar-refractivity contribution in [3.63, 3.8) is 0 Å². The highest BCUT2D eigenvalue weighted by molar-refractivity contribution is 5.85. The zero-order valence-corrected chi connectivity index (χ0v) is 11.5. The first kappa shape index (κ1) is 15.2. The molecule has 2 atom stereocenters. The molecule has 114 valence electrons. The number of carbonyl (C=O) groups is 2. The minimum absolute atomic E-state index is 0.0120. The lowest BCUT2D eigenvalue weighted by Crippen LogP contribution is -2.41. The van der Waals surface area contributed by atoms with Gasteiger partial charge in [-0.25, -0.2) is 9.18 Å². The average Bonchev–Trinajstić information content (AvgIpc) is 2.81. The van der Waals surface area contributed by atoms with Gasteiger partial charge >= 0.3 is 5.97 Å². The second-order valence-corrected chi connectivity index (χ2v) is 4.94. The first-order valence-electron chi connectivity index (χ1n) is 6.45. The Morgan fingerprint density at radius 2 is 2.19 bits per heavy atom. The van der Waals surface area contributed by atoms with Gasteiger partial charge in [0.15, 0.2) is 11.6 Å². The van der Waals surface area contributed by atoms with Crippen molar-refractivity contribution in [1.82, 2.24) is 4.90 Å². The summed E-state index contributed by atoms with van der Waals surface area (Å²) in [5.41, 5.74) is 0.420. The van der Waals surface area contributed by atoms with Gasteiger partial charge in [-0.2, -0.15) is 0 Å². The maximum atomic E-state index is 13.6. The Bertz CT molecular complexity index is 562. The monoisotopic (exact) mass is 297 g/mol. The van der Waals surface area contributed by atoms with E-state index < -0.39 is 29.8 Å². The average molecular weight is 297 g/mol. The van der Waals surface area contributed by atoms with Gasteiger partial charge in [-0.05, 0) is 17.7 Å². The van der Waals surface area contributed by atoms with Crippen LogP contribution in [0.3, 0.4) is 0 Å². The summed E-state index contributed by atoms with van der Waals surface area (Å²) < 4.78 is 18.3. The predicted octanol–water partition coefficient (Wildman–Crippen LogP) is 0.423. The molecular weight excluding hydrogens is 281 g/mol. The third kappa shape index (κ3) is 3.30. The van der Waals surface area contributed by atoms with Crippen LogP contribution in [0.4, 0.5) is 4.39 Å². The number of aliphatic hydroxyl groups is 1. The van der Waals surface area contributed by atoms with Gasteiger partial charge in [0.1, 0.15) is 6.04 Å². The molecule has 1 aliphatic rings. The van der Waals surface area contributed by atoms with Crippen LogP contribution in [0.2, 0.25) is 0 Å². The second kappa shape index (κ2) is 6.09. The number of rotatable bonds is 4. The lowest BCUT2D eigenvalue weighted by Gasteiger charge is -2.21. The minimum Gasteiger partial charge on any atom is -0.494 e. The minimum atomic E-state index is -1.15. The van der Waals surface area contributed by atoms with E-state index in [2.05, 4.69) is 0 Å². The van der Waals surface area contributed by atoms with E-state index in [0.717, 1.165) is 4.90 Å². The van der Waals surface area contributed by atoms with Gasteiger partial charge in [-0.3, -0.25) is 4.79 Å². The van der Waals surface area contributed by atoms with Crippen LogP contribution in [0.1, 0.15) is 12.0 Å². The number of carbonyl (C=O) groups excluding carboxylic acids is 1. The molecule has 0 spiro atoms. The predicted molar refractivity (Wildman–Crippen MR) is 70.4 cm³/mol. The molecule has 1 aromatic carbocycles. The molecule has 2 rings (SSSR count). The Labute approximate surface area is 120 Å². The zero-order valence-electron chi connectivity index (χ0n) is 11.5. The van der Waals surface area contributed by atoms with Crippen LogP contribution in [0.15, 0.2) is 18.2 Å². The van der Waals surface area contributed by atoms with Crippen molar-refractivity contribution in [2.24, 2.45) is 0 Å². The van der Waals surface area contributed by atoms with E-state index in [0.29, 0.717) is 5.56 Å². The number of benzene rings is 1. The summed E-state index contributed by atoms with van der Waals surface area (Å²) in [6.45, 7) is -0.0194. The first-order valence-corrected chi connectivity index (χ1v) is 6.45. The fourth-order valence-electron chi connectivity index (χ4n) is 2.42. The van der Waals surface area contributed by atoms with Gasteiger partial charge in [-0.1, -0.05) is 6.07 Å². The highest BCUT2D eigenvalue weighted by Crippen LogP contribution is 2.21. The number of methoxy groups -OCH3 is 1. The maximum Gasteiger partial charge on any atom is 0.326 e. The zero-order chi connectivity index (χ0) is 15.6. The molecule has 2 N–H and O–H groups in total. The van der Waals surface area contributed by atoms with Crippen LogP contribution in [0, 0.1) is 5.82 Å². The molecule has 0 bridgehead atoms. The molecule has 0 radical (unpaired) electrons. The van der Waals surface area contributed by atoms with Crippen LogP contribution in [0.5, 0.6) is 5.75 Å². The summed E-state index contributed by atoms with van der Waals surface area (Å²) in [6, 6.07) is 3.10. The largest absolute Gasteiger partial charge is 0.494 e. The number of hydrogen-bond donors (Lipinski definition) is 2. The summed E-state index contributed by atoms with van der Waals surface area (Å²) in [7, 11) is 1.34. The fraction of sp³-hybridized carbons (Fsp3) is 0.429. The smallest absolute Gasteiger partial charge is 0.326 e. The van der Waals surface area contributed by atoms with E-state index in [1.54, 1.807) is 6.07 Å². The number of amides is 1. The standard InChI is InChI=1S/C14H16FNO5/c1-21-12-3-2-8(4-10(12)15)5-13(18)16-7-9(17)6-11(16)14(19)20/h2-4,9,11,17H,5-7H2,1H3,(H,19,20)/t9-,11+/m1/s1. The van der Waals surface area contributed by atoms with Gasteiger partial charge in [-0.15, -0.1) is 0 Å². The molecule has 1 aliphatic heterocycles. The van der Waals surface area contributed by atoms with E-state index in [4.69, 9.17) is 9.84 Å². The lowest BCUT2D eigenvalue weighted by molar-refractivity contribution is -0.148.